The van der Waals surface area contributed by atoms with Crippen LogP contribution >= 0.6 is 11.5 Å². The van der Waals surface area contributed by atoms with Gasteiger partial charge in [-0.1, -0.05) is 23.5 Å². The highest BCUT2D eigenvalue weighted by Crippen LogP contribution is 2.30. The van der Waals surface area contributed by atoms with Crippen LogP contribution in [0.5, 0.6) is 0 Å². The molecule has 2 N–H and O–H groups in total. The summed E-state index contributed by atoms with van der Waals surface area (Å²) in [5.41, 5.74) is 6.14. The normalized spacial score (nSPS) is 14.8. The average molecular weight is 283 g/mol. The lowest BCUT2D eigenvalue weighted by molar-refractivity contribution is 0.135. The molecule has 0 aromatic carbocycles. The molecule has 0 radical (unpaired) electrons. The van der Waals surface area contributed by atoms with E-state index >= 15 is 0 Å². The molecule has 0 saturated carbocycles. The molecule has 0 saturated heterocycles. The van der Waals surface area contributed by atoms with Crippen LogP contribution in [-0.2, 0) is 10.3 Å². The molecule has 0 aliphatic heterocycles. The molecule has 0 aliphatic carbocycles. The van der Waals surface area contributed by atoms with E-state index in [2.05, 4.69) is 19.7 Å². The largest absolute Gasteiger partial charge is 0.382 e. The Kier molecular flexibility index (Phi) is 3.93. The number of ether oxygens (including phenoxy) is 1. The Hall–Kier alpha value is -1.38. The van der Waals surface area contributed by atoms with Gasteiger partial charge in [-0.25, -0.2) is 0 Å². The van der Waals surface area contributed by atoms with Gasteiger partial charge in [-0.15, -0.1) is 5.10 Å². The van der Waals surface area contributed by atoms with Crippen LogP contribution < -0.4 is 5.73 Å². The Labute approximate surface area is 115 Å². The molecule has 2 heterocycles. The second-order valence-corrected chi connectivity index (χ2v) is 5.67. The van der Waals surface area contributed by atoms with Crippen molar-refractivity contribution in [3.05, 3.63) is 11.5 Å². The van der Waals surface area contributed by atoms with Gasteiger partial charge in [0.2, 0.25) is 0 Å². The quantitative estimate of drug-likeness (QED) is 0.888. The van der Waals surface area contributed by atoms with Crippen molar-refractivity contribution < 1.29 is 9.26 Å². The van der Waals surface area contributed by atoms with Gasteiger partial charge in [-0.05, 0) is 24.4 Å². The number of nitrogens with two attached hydrogens (primary N) is 1. The molecule has 8 heteroatoms. The number of hydrogen-bond acceptors (Lipinski definition) is 8. The summed E-state index contributed by atoms with van der Waals surface area (Å²) in [6.07, 6.45) is 0. The summed E-state index contributed by atoms with van der Waals surface area (Å²) in [6, 6.07) is 0. The van der Waals surface area contributed by atoms with Crippen LogP contribution in [-0.4, -0.2) is 33.4 Å². The van der Waals surface area contributed by atoms with Gasteiger partial charge < -0.3 is 15.0 Å². The number of methoxy groups -OCH3 is 1. The smallest absolute Gasteiger partial charge is 0.271 e. The predicted molar refractivity (Wildman–Crippen MR) is 70.7 cm³/mol. The Morgan fingerprint density at radius 2 is 2.21 bits per heavy atom. The predicted octanol–water partition coefficient (Wildman–Crippen LogP) is 1.53. The number of nitrogens with zero attached hydrogens (tertiary/aromatic N) is 4. The molecule has 0 amide bonds. The highest BCUT2D eigenvalue weighted by Gasteiger charge is 2.29. The third kappa shape index (κ3) is 2.80. The molecular weight excluding hydrogens is 266 g/mol. The molecule has 2 rings (SSSR count). The molecule has 104 valence electrons. The van der Waals surface area contributed by atoms with E-state index in [1.54, 1.807) is 14.0 Å². The lowest BCUT2D eigenvalue weighted by atomic mass is 10.1. The fourth-order valence-corrected chi connectivity index (χ4v) is 2.38. The van der Waals surface area contributed by atoms with Gasteiger partial charge in [0, 0.05) is 7.11 Å². The third-order valence-corrected chi connectivity index (χ3v) is 3.37. The minimum absolute atomic E-state index is 0.243. The van der Waals surface area contributed by atoms with Crippen LogP contribution in [0.1, 0.15) is 38.2 Å². The Morgan fingerprint density at radius 1 is 1.47 bits per heavy atom. The SMILES string of the molecule is COCC(C)(N)c1noc(-c2snnc2C(C)C)n1. The minimum Gasteiger partial charge on any atom is -0.382 e. The third-order valence-electron chi connectivity index (χ3n) is 2.64. The maximum absolute atomic E-state index is 6.08. The number of rotatable bonds is 5. The van der Waals surface area contributed by atoms with Crippen LogP contribution in [0.2, 0.25) is 0 Å². The molecule has 2 aromatic rings. The van der Waals surface area contributed by atoms with Gasteiger partial charge in [0.25, 0.3) is 5.89 Å². The molecule has 1 atom stereocenters. The van der Waals surface area contributed by atoms with Gasteiger partial charge in [-0.3, -0.25) is 0 Å². The van der Waals surface area contributed by atoms with Crippen LogP contribution in [0.3, 0.4) is 0 Å². The van der Waals surface area contributed by atoms with E-state index < -0.39 is 5.54 Å². The van der Waals surface area contributed by atoms with E-state index in [-0.39, 0.29) is 5.92 Å². The number of aromatic nitrogens is 4. The second kappa shape index (κ2) is 5.32. The van der Waals surface area contributed by atoms with Crippen LogP contribution in [0.4, 0.5) is 0 Å². The summed E-state index contributed by atoms with van der Waals surface area (Å²) >= 11 is 1.24. The molecule has 2 aromatic heterocycles. The zero-order valence-electron chi connectivity index (χ0n) is 11.4. The summed E-state index contributed by atoms with van der Waals surface area (Å²) in [7, 11) is 1.58. The van der Waals surface area contributed by atoms with Gasteiger partial charge in [0.1, 0.15) is 10.4 Å². The summed E-state index contributed by atoms with van der Waals surface area (Å²) in [5, 5.41) is 8.01. The first kappa shape index (κ1) is 14.0. The zero-order valence-corrected chi connectivity index (χ0v) is 12.2. The standard InChI is InChI=1S/C11H17N5O2S/c1-6(2)7-8(19-16-14-7)9-13-10(15-18-9)11(3,12)5-17-4/h6H,5,12H2,1-4H3. The fourth-order valence-electron chi connectivity index (χ4n) is 1.64. The molecule has 0 bridgehead atoms. The highest BCUT2D eigenvalue weighted by atomic mass is 32.1. The Balaban J connectivity index is 2.33. The first-order chi connectivity index (χ1) is 8.95. The molecule has 1 unspecified atom stereocenters. The van der Waals surface area contributed by atoms with Crippen molar-refractivity contribution in [2.24, 2.45) is 5.73 Å². The Bertz CT molecular complexity index is 549. The van der Waals surface area contributed by atoms with Crippen LogP contribution in [0.25, 0.3) is 10.8 Å². The maximum atomic E-state index is 6.08. The molecule has 0 fully saturated rings. The number of hydrogen-bond donors (Lipinski definition) is 1. The van der Waals surface area contributed by atoms with Gasteiger partial charge in [-0.2, -0.15) is 4.98 Å². The highest BCUT2D eigenvalue weighted by molar-refractivity contribution is 7.09. The Morgan fingerprint density at radius 3 is 2.84 bits per heavy atom. The minimum atomic E-state index is -0.785. The van der Waals surface area contributed by atoms with E-state index in [4.69, 9.17) is 15.0 Å². The average Bonchev–Trinajstić information content (AvgIpc) is 2.97. The van der Waals surface area contributed by atoms with Gasteiger partial charge in [0.15, 0.2) is 5.82 Å². The molecule has 19 heavy (non-hydrogen) atoms. The maximum Gasteiger partial charge on any atom is 0.271 e. The van der Waals surface area contributed by atoms with Crippen molar-refractivity contribution in [3.63, 3.8) is 0 Å². The zero-order chi connectivity index (χ0) is 14.0. The van der Waals surface area contributed by atoms with Crippen LogP contribution in [0, 0.1) is 0 Å². The van der Waals surface area contributed by atoms with Crippen molar-refractivity contribution in [2.75, 3.05) is 13.7 Å². The summed E-state index contributed by atoms with van der Waals surface area (Å²) in [4.78, 5) is 5.13. The van der Waals surface area contributed by atoms with Crippen molar-refractivity contribution in [3.8, 4) is 10.8 Å². The van der Waals surface area contributed by atoms with E-state index in [1.807, 2.05) is 13.8 Å². The van der Waals surface area contributed by atoms with Crippen molar-refractivity contribution in [2.45, 2.75) is 32.2 Å². The summed E-state index contributed by atoms with van der Waals surface area (Å²) in [5.74, 6) is 1.06. The van der Waals surface area contributed by atoms with E-state index in [0.29, 0.717) is 18.3 Å². The lowest BCUT2D eigenvalue weighted by Crippen LogP contribution is -2.38. The van der Waals surface area contributed by atoms with Crippen molar-refractivity contribution >= 4 is 11.5 Å². The van der Waals surface area contributed by atoms with E-state index in [0.717, 1.165) is 10.6 Å². The first-order valence-corrected chi connectivity index (χ1v) is 6.67. The summed E-state index contributed by atoms with van der Waals surface area (Å²) < 4.78 is 14.3. The molecule has 0 aliphatic rings. The molecule has 0 spiro atoms. The van der Waals surface area contributed by atoms with Crippen molar-refractivity contribution in [1.29, 1.82) is 0 Å². The topological polar surface area (TPSA) is 100.0 Å². The first-order valence-electron chi connectivity index (χ1n) is 5.90. The van der Waals surface area contributed by atoms with Crippen molar-refractivity contribution in [1.82, 2.24) is 19.7 Å². The lowest BCUT2D eigenvalue weighted by Gasteiger charge is -2.18. The fraction of sp³-hybridized carbons (Fsp3) is 0.636. The molecular formula is C11H17N5O2S. The van der Waals surface area contributed by atoms with E-state index in [9.17, 15) is 0 Å². The van der Waals surface area contributed by atoms with E-state index in [1.165, 1.54) is 11.5 Å². The van der Waals surface area contributed by atoms with Gasteiger partial charge in [0.05, 0.1) is 12.3 Å². The summed E-state index contributed by atoms with van der Waals surface area (Å²) in [6.45, 7) is 6.17. The van der Waals surface area contributed by atoms with Crippen LogP contribution in [0.15, 0.2) is 4.52 Å². The van der Waals surface area contributed by atoms with Gasteiger partial charge >= 0.3 is 0 Å². The molecule has 7 nitrogen and oxygen atoms in total. The second-order valence-electron chi connectivity index (χ2n) is 4.92. The monoisotopic (exact) mass is 283 g/mol.